The monoisotopic (exact) mass is 312 g/mol. The van der Waals surface area contributed by atoms with Gasteiger partial charge in [0.15, 0.2) is 0 Å². The van der Waals surface area contributed by atoms with E-state index in [2.05, 4.69) is 5.32 Å². The molecule has 2 rings (SSSR count). The molecule has 1 N–H and O–H groups in total. The second kappa shape index (κ2) is 6.14. The number of amides is 2. The smallest absolute Gasteiger partial charge is 0.407 e. The summed E-state index contributed by atoms with van der Waals surface area (Å²) >= 11 is 0. The van der Waals surface area contributed by atoms with E-state index in [9.17, 15) is 14.4 Å². The Hall–Kier alpha value is -1.79. The molecule has 2 aliphatic heterocycles. The largest absolute Gasteiger partial charge is 0.468 e. The summed E-state index contributed by atoms with van der Waals surface area (Å²) in [6.07, 6.45) is 1.44. The minimum absolute atomic E-state index is 0.169. The van der Waals surface area contributed by atoms with Crippen molar-refractivity contribution in [2.24, 2.45) is 5.92 Å². The van der Waals surface area contributed by atoms with E-state index in [1.165, 1.54) is 7.11 Å². The number of carbonyl (C=O) groups excluding carboxylic acids is 3. The summed E-state index contributed by atoms with van der Waals surface area (Å²) in [7, 11) is 1.28. The van der Waals surface area contributed by atoms with Crippen LogP contribution in [0.3, 0.4) is 0 Å². The van der Waals surface area contributed by atoms with Gasteiger partial charge in [-0.1, -0.05) is 0 Å². The third-order valence-electron chi connectivity index (χ3n) is 4.03. The Labute approximate surface area is 130 Å². The standard InChI is InChI=1S/C15H24N2O5/c1-15(2,3)22-14(20)16-10-6-5-7-17-11(10)8-9(12(17)18)13(19)21-4/h9-11H,5-8H2,1-4H3,(H,16,20)/t9-,10+,11-/m0/s1. The highest BCUT2D eigenvalue weighted by atomic mass is 16.6. The number of nitrogens with zero attached hydrogens (tertiary/aromatic N) is 1. The van der Waals surface area contributed by atoms with Crippen LogP contribution in [0.15, 0.2) is 0 Å². The van der Waals surface area contributed by atoms with Gasteiger partial charge in [0, 0.05) is 6.54 Å². The highest BCUT2D eigenvalue weighted by Gasteiger charge is 2.48. The number of carbonyl (C=O) groups is 3. The van der Waals surface area contributed by atoms with Crippen LogP contribution in [0.2, 0.25) is 0 Å². The Morgan fingerprint density at radius 3 is 2.59 bits per heavy atom. The molecule has 2 saturated heterocycles. The fourth-order valence-electron chi connectivity index (χ4n) is 3.13. The van der Waals surface area contributed by atoms with Gasteiger partial charge in [-0.15, -0.1) is 0 Å². The maximum Gasteiger partial charge on any atom is 0.407 e. The van der Waals surface area contributed by atoms with Gasteiger partial charge in [0.2, 0.25) is 5.91 Å². The van der Waals surface area contributed by atoms with Gasteiger partial charge in [0.25, 0.3) is 0 Å². The maximum absolute atomic E-state index is 12.3. The lowest BCUT2D eigenvalue weighted by Gasteiger charge is -2.37. The minimum atomic E-state index is -0.754. The Bertz CT molecular complexity index is 471. The topological polar surface area (TPSA) is 84.9 Å². The van der Waals surface area contributed by atoms with E-state index in [1.807, 2.05) is 0 Å². The first-order chi connectivity index (χ1) is 10.2. The second-order valence-corrected chi connectivity index (χ2v) is 6.81. The molecule has 2 fully saturated rings. The number of rotatable bonds is 2. The number of fused-ring (bicyclic) bond motifs is 1. The summed E-state index contributed by atoms with van der Waals surface area (Å²) in [5.74, 6) is -1.46. The third kappa shape index (κ3) is 3.51. The molecule has 0 unspecified atom stereocenters. The van der Waals surface area contributed by atoms with Crippen LogP contribution in [0.1, 0.15) is 40.0 Å². The van der Waals surface area contributed by atoms with Crippen molar-refractivity contribution in [2.45, 2.75) is 57.7 Å². The third-order valence-corrected chi connectivity index (χ3v) is 4.03. The lowest BCUT2D eigenvalue weighted by molar-refractivity contribution is -0.150. The average molecular weight is 312 g/mol. The molecule has 0 aromatic rings. The quantitative estimate of drug-likeness (QED) is 0.609. The molecule has 22 heavy (non-hydrogen) atoms. The number of methoxy groups -OCH3 is 1. The van der Waals surface area contributed by atoms with Crippen LogP contribution in [0.4, 0.5) is 4.79 Å². The van der Waals surface area contributed by atoms with Crippen molar-refractivity contribution in [1.82, 2.24) is 10.2 Å². The predicted octanol–water partition coefficient (Wildman–Crippen LogP) is 1.06. The van der Waals surface area contributed by atoms with Crippen LogP contribution >= 0.6 is 0 Å². The molecule has 7 nitrogen and oxygen atoms in total. The van der Waals surface area contributed by atoms with Crippen LogP contribution in [0.5, 0.6) is 0 Å². The fourth-order valence-corrected chi connectivity index (χ4v) is 3.13. The SMILES string of the molecule is COC(=O)[C@H]1C[C@H]2[C@H](NC(=O)OC(C)(C)C)CCCN2C1=O. The Morgan fingerprint density at radius 1 is 1.32 bits per heavy atom. The van der Waals surface area contributed by atoms with E-state index in [-0.39, 0.29) is 18.0 Å². The number of nitrogens with one attached hydrogen (secondary N) is 1. The van der Waals surface area contributed by atoms with Crippen molar-refractivity contribution in [3.8, 4) is 0 Å². The van der Waals surface area contributed by atoms with Crippen LogP contribution in [0.25, 0.3) is 0 Å². The van der Waals surface area contributed by atoms with Gasteiger partial charge in [-0.25, -0.2) is 4.79 Å². The van der Waals surface area contributed by atoms with Gasteiger partial charge in [-0.2, -0.15) is 0 Å². The summed E-state index contributed by atoms with van der Waals surface area (Å²) in [5, 5.41) is 2.84. The lowest BCUT2D eigenvalue weighted by Crippen LogP contribution is -2.54. The normalized spacial score (nSPS) is 28.1. The second-order valence-electron chi connectivity index (χ2n) is 6.81. The van der Waals surface area contributed by atoms with Crippen LogP contribution < -0.4 is 5.32 Å². The van der Waals surface area contributed by atoms with Gasteiger partial charge in [-0.05, 0) is 40.0 Å². The molecule has 2 aliphatic rings. The first kappa shape index (κ1) is 16.6. The first-order valence-corrected chi connectivity index (χ1v) is 7.61. The van der Waals surface area contributed by atoms with Crippen molar-refractivity contribution in [3.63, 3.8) is 0 Å². The summed E-state index contributed by atoms with van der Waals surface area (Å²) in [6, 6.07) is -0.361. The average Bonchev–Trinajstić information content (AvgIpc) is 2.75. The molecule has 0 saturated carbocycles. The van der Waals surface area contributed by atoms with Crippen LogP contribution in [-0.4, -0.2) is 54.2 Å². The molecule has 124 valence electrons. The molecule has 0 spiro atoms. The maximum atomic E-state index is 12.3. The van der Waals surface area contributed by atoms with E-state index < -0.39 is 23.6 Å². The lowest BCUT2D eigenvalue weighted by atomic mass is 9.94. The van der Waals surface area contributed by atoms with Crippen molar-refractivity contribution < 1.29 is 23.9 Å². The Kier molecular flexibility index (Phi) is 4.63. The van der Waals surface area contributed by atoms with Gasteiger partial charge in [0.05, 0.1) is 19.2 Å². The molecular weight excluding hydrogens is 288 g/mol. The fraction of sp³-hybridized carbons (Fsp3) is 0.800. The van der Waals surface area contributed by atoms with Crippen molar-refractivity contribution in [2.75, 3.05) is 13.7 Å². The zero-order valence-corrected chi connectivity index (χ0v) is 13.5. The number of hydrogen-bond acceptors (Lipinski definition) is 5. The molecule has 0 bridgehead atoms. The van der Waals surface area contributed by atoms with Crippen molar-refractivity contribution in [3.05, 3.63) is 0 Å². The molecule has 7 heteroatoms. The first-order valence-electron chi connectivity index (χ1n) is 7.61. The van der Waals surface area contributed by atoms with Gasteiger partial charge in [-0.3, -0.25) is 9.59 Å². The summed E-state index contributed by atoms with van der Waals surface area (Å²) in [5.41, 5.74) is -0.571. The number of hydrogen-bond donors (Lipinski definition) is 1. The van der Waals surface area contributed by atoms with Crippen molar-refractivity contribution in [1.29, 1.82) is 0 Å². The molecular formula is C15H24N2O5. The zero-order valence-electron chi connectivity index (χ0n) is 13.5. The highest BCUT2D eigenvalue weighted by Crippen LogP contribution is 2.32. The molecule has 2 heterocycles. The number of alkyl carbamates (subject to hydrolysis) is 1. The van der Waals surface area contributed by atoms with Gasteiger partial charge < -0.3 is 19.7 Å². The number of piperidine rings is 1. The highest BCUT2D eigenvalue weighted by molar-refractivity contribution is 5.99. The number of esters is 1. The summed E-state index contributed by atoms with van der Waals surface area (Å²) < 4.78 is 9.96. The van der Waals surface area contributed by atoms with Crippen LogP contribution in [0, 0.1) is 5.92 Å². The van der Waals surface area contributed by atoms with E-state index >= 15 is 0 Å². The number of ether oxygens (including phenoxy) is 2. The predicted molar refractivity (Wildman–Crippen MR) is 78.0 cm³/mol. The molecule has 3 atom stereocenters. The van der Waals surface area contributed by atoms with E-state index in [4.69, 9.17) is 9.47 Å². The van der Waals surface area contributed by atoms with E-state index in [0.717, 1.165) is 12.8 Å². The van der Waals surface area contributed by atoms with Gasteiger partial charge >= 0.3 is 12.1 Å². The molecule has 0 aromatic carbocycles. The Morgan fingerprint density at radius 2 is 2.00 bits per heavy atom. The molecule has 0 aliphatic carbocycles. The van der Waals surface area contributed by atoms with Crippen LogP contribution in [-0.2, 0) is 19.1 Å². The van der Waals surface area contributed by atoms with Crippen molar-refractivity contribution >= 4 is 18.0 Å². The minimum Gasteiger partial charge on any atom is -0.468 e. The zero-order chi connectivity index (χ0) is 16.5. The van der Waals surface area contributed by atoms with E-state index in [1.54, 1.807) is 25.7 Å². The molecule has 2 amide bonds. The summed E-state index contributed by atoms with van der Waals surface area (Å²) in [4.78, 5) is 37.6. The summed E-state index contributed by atoms with van der Waals surface area (Å²) in [6.45, 7) is 6.01. The van der Waals surface area contributed by atoms with Gasteiger partial charge in [0.1, 0.15) is 11.5 Å². The van der Waals surface area contributed by atoms with E-state index in [0.29, 0.717) is 13.0 Å². The molecule has 0 aromatic heterocycles. The molecule has 0 radical (unpaired) electrons. The Balaban J connectivity index is 2.04.